The zero-order valence-corrected chi connectivity index (χ0v) is 22.6. The van der Waals surface area contributed by atoms with Crippen molar-refractivity contribution in [1.82, 2.24) is 40.1 Å². The second-order valence-electron chi connectivity index (χ2n) is 11.1. The van der Waals surface area contributed by atoms with Crippen LogP contribution in [0, 0.1) is 0 Å². The first-order valence-electron chi connectivity index (χ1n) is 13.6. The molecule has 0 saturated carbocycles. The van der Waals surface area contributed by atoms with Crippen molar-refractivity contribution in [1.29, 1.82) is 0 Å². The van der Waals surface area contributed by atoms with Gasteiger partial charge in [0.1, 0.15) is 23.5 Å². The van der Waals surface area contributed by atoms with Gasteiger partial charge in [-0.2, -0.15) is 5.10 Å². The zero-order chi connectivity index (χ0) is 27.1. The van der Waals surface area contributed by atoms with Crippen LogP contribution in [-0.2, 0) is 0 Å². The van der Waals surface area contributed by atoms with Crippen molar-refractivity contribution in [3.63, 3.8) is 0 Å². The highest BCUT2D eigenvalue weighted by Crippen LogP contribution is 2.39. The molecule has 0 atom stereocenters. The van der Waals surface area contributed by atoms with Crippen molar-refractivity contribution in [2.24, 2.45) is 0 Å². The van der Waals surface area contributed by atoms with Gasteiger partial charge in [0, 0.05) is 51.2 Å². The third-order valence-corrected chi connectivity index (χ3v) is 7.90. The van der Waals surface area contributed by atoms with Gasteiger partial charge in [0.15, 0.2) is 0 Å². The third kappa shape index (κ3) is 3.19. The minimum Gasteiger partial charge on any atom is -0.340 e. The van der Waals surface area contributed by atoms with Crippen molar-refractivity contribution < 1.29 is 0 Å². The van der Waals surface area contributed by atoms with Crippen molar-refractivity contribution in [3.8, 4) is 11.1 Å². The summed E-state index contributed by atoms with van der Waals surface area (Å²) in [5.41, 5.74) is 6.85. The smallest absolute Gasteiger partial charge is 0.132 e. The molecule has 8 heteroatoms. The van der Waals surface area contributed by atoms with Gasteiger partial charge in [-0.1, -0.05) is 52.0 Å². The molecule has 0 aliphatic carbocycles. The number of aromatic nitrogens is 8. The second-order valence-corrected chi connectivity index (χ2v) is 11.1. The highest BCUT2D eigenvalue weighted by molar-refractivity contribution is 6.24. The van der Waals surface area contributed by atoms with Crippen LogP contribution in [0.4, 0.5) is 0 Å². The van der Waals surface area contributed by atoms with Crippen LogP contribution in [0.1, 0.15) is 51.2 Å². The monoisotopic (exact) mass is 522 g/mol. The molecular weight excluding hydrogens is 496 g/mol. The van der Waals surface area contributed by atoms with E-state index in [0.717, 1.165) is 88.1 Å². The van der Waals surface area contributed by atoms with Gasteiger partial charge in [0.05, 0.1) is 28.3 Å². The third-order valence-electron chi connectivity index (χ3n) is 7.90. The highest BCUT2D eigenvalue weighted by Gasteiger charge is 2.18. The fourth-order valence-electron chi connectivity index (χ4n) is 5.82. The Balaban J connectivity index is 1.41. The molecule has 8 aromatic rings. The molecule has 0 radical (unpaired) electrons. The predicted octanol–water partition coefficient (Wildman–Crippen LogP) is 7.55. The molecule has 8 rings (SSSR count). The molecule has 40 heavy (non-hydrogen) atoms. The van der Waals surface area contributed by atoms with E-state index in [1.807, 2.05) is 18.6 Å². The minimum atomic E-state index is 0.244. The predicted molar refractivity (Wildman–Crippen MR) is 161 cm³/mol. The Bertz CT molecular complexity index is 2130. The average molecular weight is 523 g/mol. The van der Waals surface area contributed by atoms with Crippen LogP contribution in [0.15, 0.2) is 61.3 Å². The SMILES string of the molecule is CC(C)c1nc2c3ccc(-c4ccc5c(c4)c4cncnc4c4[nH]c(C(C)C)nc54)cc3c3c[nH]ncc3c2n1. The largest absolute Gasteiger partial charge is 0.340 e. The van der Waals surface area contributed by atoms with E-state index in [4.69, 9.17) is 15.0 Å². The first-order valence-corrected chi connectivity index (χ1v) is 13.6. The Hall–Kier alpha value is -4.98. The van der Waals surface area contributed by atoms with Crippen molar-refractivity contribution >= 4 is 65.3 Å². The highest BCUT2D eigenvalue weighted by atomic mass is 15.1. The number of hydrogen-bond donors (Lipinski definition) is 2. The van der Waals surface area contributed by atoms with E-state index < -0.39 is 0 Å². The summed E-state index contributed by atoms with van der Waals surface area (Å²) in [6.07, 6.45) is 7.31. The number of H-pyrrole nitrogens is 2. The first-order chi connectivity index (χ1) is 19.5. The molecule has 4 aromatic carbocycles. The molecule has 0 saturated heterocycles. The molecule has 0 bridgehead atoms. The molecule has 0 amide bonds. The van der Waals surface area contributed by atoms with Gasteiger partial charge in [0.25, 0.3) is 0 Å². The van der Waals surface area contributed by atoms with Gasteiger partial charge >= 0.3 is 0 Å². The fraction of sp³-hybridized carbons (Fsp3) is 0.188. The summed E-state index contributed by atoms with van der Waals surface area (Å²) in [4.78, 5) is 27.3. The number of imidazole rings is 2. The molecular formula is C32H26N8. The maximum Gasteiger partial charge on any atom is 0.132 e. The van der Waals surface area contributed by atoms with Crippen LogP contribution in [-0.4, -0.2) is 40.1 Å². The number of rotatable bonds is 3. The molecule has 8 nitrogen and oxygen atoms in total. The van der Waals surface area contributed by atoms with Gasteiger partial charge in [-0.25, -0.2) is 24.9 Å². The maximum atomic E-state index is 4.97. The molecule has 0 aliphatic rings. The summed E-state index contributed by atoms with van der Waals surface area (Å²) in [7, 11) is 0. The van der Waals surface area contributed by atoms with E-state index in [-0.39, 0.29) is 11.8 Å². The van der Waals surface area contributed by atoms with Gasteiger partial charge < -0.3 is 4.98 Å². The van der Waals surface area contributed by atoms with Crippen LogP contribution in [0.2, 0.25) is 0 Å². The molecule has 0 aliphatic heterocycles. The van der Waals surface area contributed by atoms with Gasteiger partial charge in [0.2, 0.25) is 0 Å². The lowest BCUT2D eigenvalue weighted by atomic mass is 9.95. The Kier molecular flexibility index (Phi) is 4.74. The lowest BCUT2D eigenvalue weighted by Crippen LogP contribution is -1.89. The summed E-state index contributed by atoms with van der Waals surface area (Å²) in [5.74, 6) is 2.35. The molecule has 4 heterocycles. The lowest BCUT2D eigenvalue weighted by molar-refractivity contribution is 0.799. The first kappa shape index (κ1) is 23.0. The Labute approximate surface area is 228 Å². The molecule has 0 fully saturated rings. The van der Waals surface area contributed by atoms with E-state index in [9.17, 15) is 0 Å². The lowest BCUT2D eigenvalue weighted by Gasteiger charge is -2.10. The van der Waals surface area contributed by atoms with Crippen LogP contribution < -0.4 is 0 Å². The Morgan fingerprint density at radius 2 is 1.30 bits per heavy atom. The number of nitrogens with zero attached hydrogens (tertiary/aromatic N) is 6. The number of aromatic amines is 2. The van der Waals surface area contributed by atoms with E-state index in [1.54, 1.807) is 6.33 Å². The summed E-state index contributed by atoms with van der Waals surface area (Å²) < 4.78 is 0. The number of hydrogen-bond acceptors (Lipinski definition) is 6. The number of benzene rings is 4. The Morgan fingerprint density at radius 1 is 0.625 bits per heavy atom. The molecule has 0 spiro atoms. The minimum absolute atomic E-state index is 0.244. The summed E-state index contributed by atoms with van der Waals surface area (Å²) in [6, 6.07) is 13.2. The van der Waals surface area contributed by atoms with E-state index in [2.05, 4.69) is 89.2 Å². The number of nitrogens with one attached hydrogen (secondary N) is 2. The van der Waals surface area contributed by atoms with Crippen LogP contribution in [0.5, 0.6) is 0 Å². The second kappa shape index (κ2) is 8.26. The molecule has 0 unspecified atom stereocenters. The standard InChI is InChI=1S/C32H26N8/c1-15(2)31-37-27-19-7-5-17(9-21(19)23-12-35-36-13-25(23)29(27)39-31)18-6-8-20-22(10-18)24-11-33-14-34-26(24)30-28(20)38-32(40-30)16(3)4/h5-16,35H,1-4H3,(H,38,40). The quantitative estimate of drug-likeness (QED) is 0.232. The van der Waals surface area contributed by atoms with Gasteiger partial charge in [-0.3, -0.25) is 5.10 Å². The van der Waals surface area contributed by atoms with Crippen molar-refractivity contribution in [2.45, 2.75) is 39.5 Å². The van der Waals surface area contributed by atoms with Gasteiger partial charge in [-0.05, 0) is 34.0 Å². The topological polar surface area (TPSA) is 109 Å². The molecule has 2 N–H and O–H groups in total. The maximum absolute atomic E-state index is 4.97. The summed E-state index contributed by atoms with van der Waals surface area (Å²) in [5, 5.41) is 14.8. The molecule has 194 valence electrons. The molecule has 4 aromatic heterocycles. The van der Waals surface area contributed by atoms with Crippen LogP contribution in [0.3, 0.4) is 0 Å². The van der Waals surface area contributed by atoms with E-state index in [1.165, 1.54) is 0 Å². The fourth-order valence-corrected chi connectivity index (χ4v) is 5.82. The zero-order valence-electron chi connectivity index (χ0n) is 22.6. The average Bonchev–Trinajstić information content (AvgIpc) is 3.64. The van der Waals surface area contributed by atoms with E-state index in [0.29, 0.717) is 0 Å². The number of fused-ring (bicyclic) bond motifs is 12. The van der Waals surface area contributed by atoms with E-state index >= 15 is 0 Å². The summed E-state index contributed by atoms with van der Waals surface area (Å²) >= 11 is 0. The van der Waals surface area contributed by atoms with Crippen LogP contribution in [0.25, 0.3) is 76.4 Å². The van der Waals surface area contributed by atoms with Gasteiger partial charge in [-0.15, -0.1) is 0 Å². The van der Waals surface area contributed by atoms with Crippen molar-refractivity contribution in [3.05, 3.63) is 73.0 Å². The normalized spacial score (nSPS) is 12.4. The van der Waals surface area contributed by atoms with Crippen molar-refractivity contribution in [2.75, 3.05) is 0 Å². The summed E-state index contributed by atoms with van der Waals surface area (Å²) in [6.45, 7) is 8.53. The Morgan fingerprint density at radius 3 is 2.02 bits per heavy atom. The van der Waals surface area contributed by atoms with Crippen LogP contribution >= 0.6 is 0 Å².